The van der Waals surface area contributed by atoms with Crippen LogP contribution in [0.25, 0.3) is 0 Å². The van der Waals surface area contributed by atoms with Crippen molar-refractivity contribution >= 4 is 23.4 Å². The van der Waals surface area contributed by atoms with E-state index < -0.39 is 11.9 Å². The highest BCUT2D eigenvalue weighted by atomic mass is 35.5. The van der Waals surface area contributed by atoms with Crippen LogP contribution in [0.15, 0.2) is 34.7 Å². The summed E-state index contributed by atoms with van der Waals surface area (Å²) < 4.78 is 11.2. The van der Waals surface area contributed by atoms with Gasteiger partial charge in [0, 0.05) is 29.3 Å². The second-order valence-electron chi connectivity index (χ2n) is 10.1. The van der Waals surface area contributed by atoms with E-state index in [1.54, 1.807) is 12.1 Å². The summed E-state index contributed by atoms with van der Waals surface area (Å²) >= 11 is 6.31. The van der Waals surface area contributed by atoms with Crippen molar-refractivity contribution in [1.82, 2.24) is 5.32 Å². The molecule has 1 aliphatic heterocycles. The number of methoxy groups -OCH3 is 1. The molecular weight excluding hydrogens is 442 g/mol. The highest BCUT2D eigenvalue weighted by Crippen LogP contribution is 2.49. The molecule has 0 saturated heterocycles. The van der Waals surface area contributed by atoms with Gasteiger partial charge in [0.05, 0.1) is 17.7 Å². The zero-order valence-corrected chi connectivity index (χ0v) is 20.5. The number of rotatable bonds is 4. The fourth-order valence-electron chi connectivity index (χ4n) is 5.35. The van der Waals surface area contributed by atoms with Gasteiger partial charge in [-0.05, 0) is 62.1 Å². The Morgan fingerprint density at radius 1 is 1.18 bits per heavy atom. The Morgan fingerprint density at radius 3 is 2.55 bits per heavy atom. The molecule has 0 unspecified atom stereocenters. The number of ether oxygens (including phenoxy) is 2. The van der Waals surface area contributed by atoms with Gasteiger partial charge < -0.3 is 19.9 Å². The summed E-state index contributed by atoms with van der Waals surface area (Å²) in [7, 11) is 1.44. The number of dihydropyridines is 1. The summed E-state index contributed by atoms with van der Waals surface area (Å²) in [4.78, 5) is 26.9. The minimum absolute atomic E-state index is 0.00243. The average molecular weight is 474 g/mol. The van der Waals surface area contributed by atoms with E-state index in [0.29, 0.717) is 35.2 Å². The van der Waals surface area contributed by atoms with Crippen LogP contribution in [0.2, 0.25) is 5.02 Å². The number of phenolic OH excluding ortho intramolecular Hbond substituents is 1. The molecule has 0 bridgehead atoms. The molecule has 1 saturated carbocycles. The van der Waals surface area contributed by atoms with Gasteiger partial charge in [0.15, 0.2) is 17.3 Å². The smallest absolute Gasteiger partial charge is 0.337 e. The van der Waals surface area contributed by atoms with E-state index in [-0.39, 0.29) is 33.8 Å². The molecule has 178 valence electrons. The molecule has 33 heavy (non-hydrogen) atoms. The number of nitrogens with one attached hydrogen (secondary N) is 1. The van der Waals surface area contributed by atoms with Gasteiger partial charge in [-0.15, -0.1) is 0 Å². The predicted octanol–water partition coefficient (Wildman–Crippen LogP) is 5.53. The molecule has 2 N–H and O–H groups in total. The van der Waals surface area contributed by atoms with Crippen molar-refractivity contribution in [2.75, 3.05) is 7.11 Å². The minimum Gasteiger partial charge on any atom is -0.503 e. The van der Waals surface area contributed by atoms with Crippen LogP contribution in [-0.4, -0.2) is 30.1 Å². The number of phenols is 1. The van der Waals surface area contributed by atoms with E-state index in [1.165, 1.54) is 7.11 Å². The van der Waals surface area contributed by atoms with Crippen molar-refractivity contribution in [1.29, 1.82) is 0 Å². The lowest BCUT2D eigenvalue weighted by molar-refractivity contribution is -0.146. The monoisotopic (exact) mass is 473 g/mol. The van der Waals surface area contributed by atoms with Crippen molar-refractivity contribution in [2.24, 2.45) is 5.41 Å². The number of carbonyl (C=O) groups excluding carboxylic acids is 2. The number of halogens is 1. The van der Waals surface area contributed by atoms with Gasteiger partial charge >= 0.3 is 5.97 Å². The molecule has 4 rings (SSSR count). The highest BCUT2D eigenvalue weighted by molar-refractivity contribution is 6.32. The number of hydrogen-bond acceptors (Lipinski definition) is 6. The van der Waals surface area contributed by atoms with E-state index in [0.717, 1.165) is 37.8 Å². The molecule has 1 atom stereocenters. The Hall–Kier alpha value is -2.47. The van der Waals surface area contributed by atoms with Crippen LogP contribution in [-0.2, 0) is 14.3 Å². The topological polar surface area (TPSA) is 84.9 Å². The molecule has 1 aromatic rings. The summed E-state index contributed by atoms with van der Waals surface area (Å²) in [5.74, 6) is -1.04. The second-order valence-corrected chi connectivity index (χ2v) is 10.6. The maximum Gasteiger partial charge on any atom is 0.337 e. The first-order valence-corrected chi connectivity index (χ1v) is 12.0. The fourth-order valence-corrected chi connectivity index (χ4v) is 5.57. The Balaban J connectivity index is 1.82. The quantitative estimate of drug-likeness (QED) is 0.559. The summed E-state index contributed by atoms with van der Waals surface area (Å²) in [6.07, 6.45) is 5.93. The number of benzene rings is 1. The molecule has 0 radical (unpaired) electrons. The van der Waals surface area contributed by atoms with Crippen LogP contribution >= 0.6 is 11.6 Å². The van der Waals surface area contributed by atoms with Gasteiger partial charge in [0.2, 0.25) is 0 Å². The van der Waals surface area contributed by atoms with Crippen molar-refractivity contribution in [2.45, 2.75) is 77.7 Å². The van der Waals surface area contributed by atoms with Crippen LogP contribution < -0.4 is 10.1 Å². The Morgan fingerprint density at radius 2 is 1.88 bits per heavy atom. The standard InChI is InChI=1S/C26H32ClNO5/c1-14-21(25(31)33-16-8-6-5-7-9-16)22(15-10-17(27)24(30)20(11-15)32-4)23-18(28-14)12-26(2,3)13-19(23)29/h10-11,16,22,28,30H,5-9,12-13H2,1-4H3/t22-/m1/s1. The van der Waals surface area contributed by atoms with Crippen molar-refractivity contribution in [3.8, 4) is 11.5 Å². The van der Waals surface area contributed by atoms with Crippen molar-refractivity contribution < 1.29 is 24.2 Å². The lowest BCUT2D eigenvalue weighted by Crippen LogP contribution is -2.39. The number of hydrogen-bond donors (Lipinski definition) is 2. The molecule has 1 aromatic carbocycles. The van der Waals surface area contributed by atoms with Crippen LogP contribution in [0.1, 0.15) is 77.2 Å². The summed E-state index contributed by atoms with van der Waals surface area (Å²) in [5, 5.41) is 13.7. The maximum atomic E-state index is 13.5. The fraction of sp³-hybridized carbons (Fsp3) is 0.538. The zero-order chi connectivity index (χ0) is 23.9. The third-order valence-electron chi connectivity index (χ3n) is 6.89. The zero-order valence-electron chi connectivity index (χ0n) is 19.7. The first kappa shape index (κ1) is 23.7. The third kappa shape index (κ3) is 4.63. The number of aromatic hydroxyl groups is 1. The third-order valence-corrected chi connectivity index (χ3v) is 7.18. The number of allylic oxidation sites excluding steroid dienone is 3. The maximum absolute atomic E-state index is 13.5. The van der Waals surface area contributed by atoms with Gasteiger partial charge in [-0.2, -0.15) is 0 Å². The van der Waals surface area contributed by atoms with Crippen molar-refractivity contribution in [3.05, 3.63) is 45.3 Å². The van der Waals surface area contributed by atoms with Gasteiger partial charge in [-0.3, -0.25) is 4.79 Å². The minimum atomic E-state index is -0.645. The number of Topliss-reactive ketones (excluding diaryl/α,β-unsaturated/α-hetero) is 1. The first-order valence-electron chi connectivity index (χ1n) is 11.6. The van der Waals surface area contributed by atoms with Gasteiger partial charge in [0.25, 0.3) is 0 Å². The molecule has 0 spiro atoms. The Labute approximate surface area is 200 Å². The predicted molar refractivity (Wildman–Crippen MR) is 126 cm³/mol. The lowest BCUT2D eigenvalue weighted by atomic mass is 9.68. The Kier molecular flexibility index (Phi) is 6.50. The largest absolute Gasteiger partial charge is 0.503 e. The summed E-state index contributed by atoms with van der Waals surface area (Å²) in [5.41, 5.74) is 2.92. The molecule has 1 fully saturated rings. The lowest BCUT2D eigenvalue weighted by Gasteiger charge is -2.39. The van der Waals surface area contributed by atoms with E-state index in [9.17, 15) is 14.7 Å². The molecule has 1 heterocycles. The first-order chi connectivity index (χ1) is 15.6. The summed E-state index contributed by atoms with van der Waals surface area (Å²) in [6, 6.07) is 3.25. The van der Waals surface area contributed by atoms with E-state index in [4.69, 9.17) is 21.1 Å². The van der Waals surface area contributed by atoms with E-state index >= 15 is 0 Å². The van der Waals surface area contributed by atoms with Gasteiger partial charge in [-0.1, -0.05) is 31.9 Å². The molecule has 7 heteroatoms. The number of carbonyl (C=O) groups is 2. The van der Waals surface area contributed by atoms with E-state index in [2.05, 4.69) is 19.2 Å². The average Bonchev–Trinajstić information content (AvgIpc) is 2.74. The molecule has 0 amide bonds. The molecular formula is C26H32ClNO5. The van der Waals surface area contributed by atoms with Gasteiger partial charge in [-0.25, -0.2) is 4.79 Å². The van der Waals surface area contributed by atoms with Crippen LogP contribution in [0.5, 0.6) is 11.5 Å². The normalized spacial score (nSPS) is 23.2. The van der Waals surface area contributed by atoms with Gasteiger partial charge in [0.1, 0.15) is 6.10 Å². The molecule has 3 aliphatic rings. The van der Waals surface area contributed by atoms with Crippen molar-refractivity contribution in [3.63, 3.8) is 0 Å². The van der Waals surface area contributed by atoms with E-state index in [1.807, 2.05) is 6.92 Å². The highest BCUT2D eigenvalue weighted by Gasteiger charge is 2.43. The SMILES string of the molecule is COc1cc([C@@H]2C(C(=O)OC3CCCCC3)=C(C)NC3=C2C(=O)CC(C)(C)C3)cc(Cl)c1O. The molecule has 0 aromatic heterocycles. The van der Waals surface area contributed by atoms with Crippen LogP contribution in [0.4, 0.5) is 0 Å². The number of esters is 1. The second kappa shape index (κ2) is 9.05. The molecule has 2 aliphatic carbocycles. The molecule has 6 nitrogen and oxygen atoms in total. The summed E-state index contributed by atoms with van der Waals surface area (Å²) in [6.45, 7) is 5.98. The van der Waals surface area contributed by atoms with Crippen LogP contribution in [0, 0.1) is 5.41 Å². The number of ketones is 1. The van der Waals surface area contributed by atoms with Crippen LogP contribution in [0.3, 0.4) is 0 Å². The Bertz CT molecular complexity index is 1050.